The smallest absolute Gasteiger partial charge is 0.410 e. The Bertz CT molecular complexity index is 1910. The summed E-state index contributed by atoms with van der Waals surface area (Å²) in [4.78, 5) is 85.6. The number of nitrogens with one attached hydrogen (secondary N) is 3. The Morgan fingerprint density at radius 1 is 1.09 bits per heavy atom. The molecule has 6 rings (SSSR count). The molecule has 3 N–H and O–H groups in total. The predicted molar refractivity (Wildman–Crippen MR) is 193 cm³/mol. The number of sulfonamides is 1. The van der Waals surface area contributed by atoms with Crippen LogP contribution >= 0.6 is 0 Å². The van der Waals surface area contributed by atoms with Crippen LogP contribution in [0.4, 0.5) is 14.0 Å². The van der Waals surface area contributed by atoms with E-state index in [2.05, 4.69) is 21.9 Å². The molecule has 2 aliphatic carbocycles. The van der Waals surface area contributed by atoms with Crippen LogP contribution in [0, 0.1) is 11.7 Å². The van der Waals surface area contributed by atoms with E-state index in [0.717, 1.165) is 6.08 Å². The van der Waals surface area contributed by atoms with Crippen LogP contribution in [0.5, 0.6) is 0 Å². The van der Waals surface area contributed by atoms with Gasteiger partial charge in [-0.05, 0) is 70.6 Å². The molecule has 1 aromatic carbocycles. The molecule has 3 aliphatic heterocycles. The van der Waals surface area contributed by atoms with E-state index in [9.17, 15) is 41.6 Å². The van der Waals surface area contributed by atoms with Crippen LogP contribution in [0.15, 0.2) is 43.0 Å². The fourth-order valence-corrected chi connectivity index (χ4v) is 8.60. The molecule has 1 saturated heterocycles. The third kappa shape index (κ3) is 8.95. The number of alkyl carbamates (subject to hydrolysis) is 1. The number of carbonyl (C=O) groups excluding carboxylic acids is 6. The van der Waals surface area contributed by atoms with Crippen LogP contribution in [0.2, 0.25) is 0 Å². The highest BCUT2D eigenvalue weighted by molar-refractivity contribution is 7.91. The minimum atomic E-state index is -4.01. The van der Waals surface area contributed by atoms with Crippen LogP contribution in [0.3, 0.4) is 0 Å². The Balaban J connectivity index is 1.29. The van der Waals surface area contributed by atoms with Gasteiger partial charge in [0.2, 0.25) is 27.7 Å². The molecular weight excluding hydrogens is 740 g/mol. The Hall–Kier alpha value is -5.00. The first-order valence-corrected chi connectivity index (χ1v) is 19.9. The van der Waals surface area contributed by atoms with Crippen molar-refractivity contribution in [3.8, 4) is 0 Å². The summed E-state index contributed by atoms with van der Waals surface area (Å²) in [5.41, 5.74) is -1.64. The Morgan fingerprint density at radius 3 is 2.51 bits per heavy atom. The number of rotatable bonds is 6. The van der Waals surface area contributed by atoms with Gasteiger partial charge in [-0.3, -0.25) is 28.8 Å². The van der Waals surface area contributed by atoms with E-state index >= 15 is 0 Å². The SMILES string of the molecule is C=CC(=O)N1CC=CC2CC2(C(=O)NS(=O)(=O)C2CC2)NC(=O)C2CC(OC(=O)N3Cc4cccc(F)c4C3)CN2C(=O)C(NC(=O)OC(C)(C)C)CCC1. The van der Waals surface area contributed by atoms with Crippen molar-refractivity contribution in [1.82, 2.24) is 30.1 Å². The van der Waals surface area contributed by atoms with Crippen LogP contribution in [0.1, 0.15) is 70.4 Å². The number of ether oxygens (including phenoxy) is 2. The van der Waals surface area contributed by atoms with Crippen molar-refractivity contribution < 1.29 is 51.0 Å². The van der Waals surface area contributed by atoms with Crippen molar-refractivity contribution in [3.63, 3.8) is 0 Å². The zero-order valence-electron chi connectivity index (χ0n) is 31.0. The van der Waals surface area contributed by atoms with Crippen LogP contribution < -0.4 is 15.4 Å². The molecular formula is C37H47FN6O10S. The van der Waals surface area contributed by atoms with E-state index < -0.39 is 92.2 Å². The van der Waals surface area contributed by atoms with E-state index in [-0.39, 0.29) is 58.4 Å². The first-order chi connectivity index (χ1) is 25.9. The number of fused-ring (bicyclic) bond motifs is 3. The van der Waals surface area contributed by atoms with Gasteiger partial charge in [0, 0.05) is 37.5 Å². The maximum Gasteiger partial charge on any atom is 0.410 e. The number of amides is 6. The van der Waals surface area contributed by atoms with E-state index in [1.807, 2.05) is 0 Å². The topological polar surface area (TPSA) is 201 Å². The summed E-state index contributed by atoms with van der Waals surface area (Å²) in [6.45, 7) is 8.52. The zero-order valence-corrected chi connectivity index (χ0v) is 31.9. The van der Waals surface area contributed by atoms with Crippen molar-refractivity contribution >= 4 is 45.8 Å². The van der Waals surface area contributed by atoms with E-state index in [1.165, 1.54) is 20.8 Å². The highest BCUT2D eigenvalue weighted by Gasteiger charge is 2.62. The number of carbonyl (C=O) groups is 6. The highest BCUT2D eigenvalue weighted by Crippen LogP contribution is 2.46. The number of benzene rings is 1. The lowest BCUT2D eigenvalue weighted by molar-refractivity contribution is -0.141. The molecule has 5 unspecified atom stereocenters. The standard InChI is InChI=1S/C37H47FN6O10S/c1-5-30(45)42-15-7-10-23-18-37(23,33(48)41-55(51,52)25-13-14-25)40-31(46)29-17-24(53-35(50)43-19-22-9-6-11-27(38)26(22)21-43)20-44(29)32(47)28(12-8-16-42)39-34(49)54-36(2,3)4/h5-7,9-11,23-25,28-29H,1,8,12-21H2,2-4H3,(H,39,49)(H,40,46)(H,41,48). The van der Waals surface area contributed by atoms with Crippen molar-refractivity contribution in [2.24, 2.45) is 5.92 Å². The molecule has 298 valence electrons. The van der Waals surface area contributed by atoms with Gasteiger partial charge < -0.3 is 29.9 Å². The third-order valence-electron chi connectivity index (χ3n) is 10.4. The summed E-state index contributed by atoms with van der Waals surface area (Å²) in [7, 11) is -4.01. The third-order valence-corrected chi connectivity index (χ3v) is 12.2. The summed E-state index contributed by atoms with van der Waals surface area (Å²) < 4.78 is 53.5. The van der Waals surface area contributed by atoms with Gasteiger partial charge in [-0.1, -0.05) is 30.9 Å². The summed E-state index contributed by atoms with van der Waals surface area (Å²) >= 11 is 0. The minimum absolute atomic E-state index is 0.0175. The second kappa shape index (κ2) is 15.3. The first kappa shape index (κ1) is 39.7. The molecule has 5 atom stereocenters. The molecule has 16 nitrogen and oxygen atoms in total. The Kier molecular flexibility index (Phi) is 11.0. The summed E-state index contributed by atoms with van der Waals surface area (Å²) in [6, 6.07) is 1.96. The molecule has 1 aromatic rings. The fourth-order valence-electron chi connectivity index (χ4n) is 7.24. The van der Waals surface area contributed by atoms with Gasteiger partial charge in [-0.2, -0.15) is 0 Å². The quantitative estimate of drug-likeness (QED) is 0.283. The number of hydrogen-bond acceptors (Lipinski definition) is 10. The number of nitrogens with zero attached hydrogens (tertiary/aromatic N) is 3. The molecule has 2 saturated carbocycles. The van der Waals surface area contributed by atoms with Gasteiger partial charge >= 0.3 is 12.2 Å². The maximum absolute atomic E-state index is 14.5. The summed E-state index contributed by atoms with van der Waals surface area (Å²) in [5.74, 6) is -3.97. The van der Waals surface area contributed by atoms with Gasteiger partial charge in [0.05, 0.1) is 18.3 Å². The molecule has 0 spiro atoms. The van der Waals surface area contributed by atoms with E-state index in [4.69, 9.17) is 9.47 Å². The number of halogens is 1. The monoisotopic (exact) mass is 786 g/mol. The number of hydrogen-bond donors (Lipinski definition) is 3. The first-order valence-electron chi connectivity index (χ1n) is 18.4. The second-order valence-electron chi connectivity index (χ2n) is 15.7. The Labute approximate surface area is 318 Å². The molecule has 3 fully saturated rings. The van der Waals surface area contributed by atoms with E-state index in [0.29, 0.717) is 24.0 Å². The molecule has 55 heavy (non-hydrogen) atoms. The molecule has 5 aliphatic rings. The lowest BCUT2D eigenvalue weighted by Crippen LogP contribution is -2.58. The molecule has 3 heterocycles. The van der Waals surface area contributed by atoms with Gasteiger partial charge in [-0.25, -0.2) is 22.4 Å². The second-order valence-corrected chi connectivity index (χ2v) is 17.6. The van der Waals surface area contributed by atoms with Gasteiger partial charge in [0.25, 0.3) is 5.91 Å². The van der Waals surface area contributed by atoms with Crippen molar-refractivity contribution in [3.05, 3.63) is 60.0 Å². The van der Waals surface area contributed by atoms with Crippen LogP contribution in [-0.4, -0.2) is 113 Å². The van der Waals surface area contributed by atoms with E-state index in [1.54, 1.807) is 45.1 Å². The lowest BCUT2D eigenvalue weighted by atomic mass is 10.1. The fraction of sp³-hybridized carbons (Fsp3) is 0.568. The molecule has 18 heteroatoms. The molecule has 0 bridgehead atoms. The Morgan fingerprint density at radius 2 is 1.84 bits per heavy atom. The summed E-state index contributed by atoms with van der Waals surface area (Å²) in [6.07, 6.45) is 2.57. The normalized spacial score (nSPS) is 27.0. The van der Waals surface area contributed by atoms with Crippen molar-refractivity contribution in [1.29, 1.82) is 0 Å². The molecule has 0 radical (unpaired) electrons. The summed E-state index contributed by atoms with van der Waals surface area (Å²) in [5, 5.41) is 4.61. The maximum atomic E-state index is 14.5. The predicted octanol–water partition coefficient (Wildman–Crippen LogP) is 1.99. The average Bonchev–Trinajstić information content (AvgIpc) is 3.99. The van der Waals surface area contributed by atoms with Gasteiger partial charge in [-0.15, -0.1) is 0 Å². The zero-order chi connectivity index (χ0) is 39.9. The average molecular weight is 787 g/mol. The van der Waals surface area contributed by atoms with Gasteiger partial charge in [0.15, 0.2) is 0 Å². The lowest BCUT2D eigenvalue weighted by Gasteiger charge is -2.30. The minimum Gasteiger partial charge on any atom is -0.444 e. The van der Waals surface area contributed by atoms with Crippen molar-refractivity contribution in [2.75, 3.05) is 19.6 Å². The molecule has 0 aromatic heterocycles. The largest absolute Gasteiger partial charge is 0.444 e. The van der Waals surface area contributed by atoms with Crippen LogP contribution in [0.25, 0.3) is 0 Å². The van der Waals surface area contributed by atoms with Gasteiger partial charge in [0.1, 0.15) is 35.1 Å². The highest BCUT2D eigenvalue weighted by atomic mass is 32.2. The molecule has 6 amide bonds. The van der Waals surface area contributed by atoms with Crippen molar-refractivity contribution in [2.45, 2.75) is 107 Å². The van der Waals surface area contributed by atoms with Crippen LogP contribution in [-0.2, 0) is 51.8 Å².